The molecule has 1 aliphatic heterocycles. The molecule has 26 heavy (non-hydrogen) atoms. The van der Waals surface area contributed by atoms with Gasteiger partial charge in [0.05, 0.1) is 18.8 Å². The molecule has 0 spiro atoms. The van der Waals surface area contributed by atoms with Gasteiger partial charge in [-0.15, -0.1) is 0 Å². The summed E-state index contributed by atoms with van der Waals surface area (Å²) in [5, 5.41) is 8.74. The molecule has 1 aliphatic rings. The summed E-state index contributed by atoms with van der Waals surface area (Å²) < 4.78 is 3.70. The van der Waals surface area contributed by atoms with Gasteiger partial charge in [-0.3, -0.25) is 14.2 Å². The number of aromatic nitrogens is 4. The molecule has 1 aromatic carbocycles. The van der Waals surface area contributed by atoms with E-state index in [9.17, 15) is 4.79 Å². The van der Waals surface area contributed by atoms with Crippen molar-refractivity contribution < 1.29 is 4.79 Å². The van der Waals surface area contributed by atoms with Crippen LogP contribution in [0.1, 0.15) is 30.0 Å². The Morgan fingerprint density at radius 1 is 1.23 bits per heavy atom. The van der Waals surface area contributed by atoms with Crippen LogP contribution in [-0.4, -0.2) is 43.0 Å². The molecule has 3 heterocycles. The summed E-state index contributed by atoms with van der Waals surface area (Å²) in [6.45, 7) is 3.55. The fourth-order valence-electron chi connectivity index (χ4n) is 3.73. The molecule has 134 valence electrons. The Bertz CT molecular complexity index is 855. The summed E-state index contributed by atoms with van der Waals surface area (Å²) >= 11 is 0. The highest BCUT2D eigenvalue weighted by Crippen LogP contribution is 2.26. The first-order valence-electron chi connectivity index (χ1n) is 9.06. The third-order valence-electron chi connectivity index (χ3n) is 4.96. The lowest BCUT2D eigenvalue weighted by Gasteiger charge is -2.29. The van der Waals surface area contributed by atoms with Crippen LogP contribution >= 0.6 is 0 Å². The maximum absolute atomic E-state index is 13.5. The average Bonchev–Trinajstić information content (AvgIpc) is 3.39. The van der Waals surface area contributed by atoms with Crippen LogP contribution in [0.3, 0.4) is 0 Å². The number of carbonyl (C=O) groups is 1. The molecule has 4 rings (SSSR count). The number of likely N-dealkylation sites (tertiary alicyclic amines) is 1. The van der Waals surface area contributed by atoms with E-state index in [4.69, 9.17) is 0 Å². The van der Waals surface area contributed by atoms with Crippen LogP contribution in [-0.2, 0) is 11.3 Å². The predicted octanol–water partition coefficient (Wildman–Crippen LogP) is 2.67. The molecule has 0 radical (unpaired) electrons. The Balaban J connectivity index is 1.60. The van der Waals surface area contributed by atoms with E-state index in [1.165, 1.54) is 0 Å². The van der Waals surface area contributed by atoms with Gasteiger partial charge in [-0.05, 0) is 37.0 Å². The number of carbonyl (C=O) groups excluding carboxylic acids is 1. The maximum Gasteiger partial charge on any atom is 0.252 e. The summed E-state index contributed by atoms with van der Waals surface area (Å²) in [4.78, 5) is 15.5. The van der Waals surface area contributed by atoms with Gasteiger partial charge in [-0.25, -0.2) is 0 Å². The van der Waals surface area contributed by atoms with Crippen LogP contribution < -0.4 is 0 Å². The molecule has 1 fully saturated rings. The van der Waals surface area contributed by atoms with Gasteiger partial charge in [0.1, 0.15) is 0 Å². The van der Waals surface area contributed by atoms with E-state index in [1.807, 2.05) is 71.5 Å². The molecular weight excluding hydrogens is 326 g/mol. The third-order valence-corrected chi connectivity index (χ3v) is 4.96. The number of hydrogen-bond acceptors (Lipinski definition) is 3. The van der Waals surface area contributed by atoms with E-state index in [0.29, 0.717) is 0 Å². The summed E-state index contributed by atoms with van der Waals surface area (Å²) in [5.74, 6) is 0.103. The number of nitrogens with zero attached hydrogens (tertiary/aromatic N) is 5. The number of aryl methyl sites for hydroxylation is 1. The van der Waals surface area contributed by atoms with Gasteiger partial charge in [-0.2, -0.15) is 10.2 Å². The highest BCUT2D eigenvalue weighted by Gasteiger charge is 2.35. The quantitative estimate of drug-likeness (QED) is 0.712. The fraction of sp³-hybridized carbons (Fsp3) is 0.350. The maximum atomic E-state index is 13.5. The first-order chi connectivity index (χ1) is 12.7. The molecule has 0 aliphatic carbocycles. The molecule has 0 bridgehead atoms. The monoisotopic (exact) mass is 349 g/mol. The molecular formula is C20H23N5O. The van der Waals surface area contributed by atoms with Crippen LogP contribution in [0.4, 0.5) is 0 Å². The van der Waals surface area contributed by atoms with Gasteiger partial charge < -0.3 is 4.90 Å². The smallest absolute Gasteiger partial charge is 0.252 e. The van der Waals surface area contributed by atoms with E-state index in [0.717, 1.165) is 37.1 Å². The van der Waals surface area contributed by atoms with Gasteiger partial charge in [0.15, 0.2) is 6.04 Å². The largest absolute Gasteiger partial charge is 0.336 e. The first-order valence-corrected chi connectivity index (χ1v) is 9.06. The molecule has 1 amide bonds. The van der Waals surface area contributed by atoms with E-state index in [1.54, 1.807) is 10.9 Å². The standard InChI is InChI=1S/C20H23N5O/c1-16-13-22-23(14-16)15-18-9-5-11-24(18)20(26)19(25-12-6-10-21-25)17-7-3-2-4-8-17/h2-4,6-8,10,12-14,18-19H,5,9,11,15H2,1H3/t18-,19+/m1/s1. The minimum Gasteiger partial charge on any atom is -0.336 e. The zero-order valence-corrected chi connectivity index (χ0v) is 14.9. The first kappa shape index (κ1) is 16.6. The van der Waals surface area contributed by atoms with Crippen molar-refractivity contribution in [1.82, 2.24) is 24.5 Å². The van der Waals surface area contributed by atoms with Crippen molar-refractivity contribution in [2.75, 3.05) is 6.54 Å². The minimum atomic E-state index is -0.425. The normalized spacial score (nSPS) is 18.2. The lowest BCUT2D eigenvalue weighted by Crippen LogP contribution is -2.42. The van der Waals surface area contributed by atoms with E-state index in [2.05, 4.69) is 10.2 Å². The summed E-state index contributed by atoms with van der Waals surface area (Å²) in [6.07, 6.45) is 9.50. The van der Waals surface area contributed by atoms with E-state index < -0.39 is 6.04 Å². The Hall–Kier alpha value is -2.89. The molecule has 3 aromatic rings. The lowest BCUT2D eigenvalue weighted by atomic mass is 10.1. The Kier molecular flexibility index (Phi) is 4.56. The third kappa shape index (κ3) is 3.27. The molecule has 0 N–H and O–H groups in total. The zero-order valence-electron chi connectivity index (χ0n) is 14.9. The van der Waals surface area contributed by atoms with E-state index in [-0.39, 0.29) is 11.9 Å². The van der Waals surface area contributed by atoms with Crippen LogP contribution in [0.5, 0.6) is 0 Å². The second-order valence-corrected chi connectivity index (χ2v) is 6.87. The predicted molar refractivity (Wildman–Crippen MR) is 98.5 cm³/mol. The molecule has 0 unspecified atom stereocenters. The van der Waals surface area contributed by atoms with Crippen molar-refractivity contribution in [3.05, 3.63) is 72.3 Å². The van der Waals surface area contributed by atoms with Gasteiger partial charge >= 0.3 is 0 Å². The molecule has 2 aromatic heterocycles. The number of amides is 1. The van der Waals surface area contributed by atoms with Crippen molar-refractivity contribution in [3.8, 4) is 0 Å². The molecule has 6 heteroatoms. The van der Waals surface area contributed by atoms with Crippen molar-refractivity contribution in [3.63, 3.8) is 0 Å². The second kappa shape index (κ2) is 7.15. The fourth-order valence-corrected chi connectivity index (χ4v) is 3.73. The van der Waals surface area contributed by atoms with Crippen molar-refractivity contribution in [1.29, 1.82) is 0 Å². The zero-order chi connectivity index (χ0) is 17.9. The van der Waals surface area contributed by atoms with Crippen LogP contribution in [0.25, 0.3) is 0 Å². The van der Waals surface area contributed by atoms with Crippen LogP contribution in [0, 0.1) is 6.92 Å². The Morgan fingerprint density at radius 3 is 2.77 bits per heavy atom. The molecule has 6 nitrogen and oxygen atoms in total. The molecule has 2 atom stereocenters. The topological polar surface area (TPSA) is 56.0 Å². The number of benzene rings is 1. The minimum absolute atomic E-state index is 0.103. The van der Waals surface area contributed by atoms with E-state index >= 15 is 0 Å². The SMILES string of the molecule is Cc1cnn(C[C@H]2CCCN2C(=O)[C@H](c2ccccc2)n2cccn2)c1. The highest BCUT2D eigenvalue weighted by molar-refractivity contribution is 5.84. The van der Waals surface area contributed by atoms with Gasteiger partial charge in [0, 0.05) is 25.1 Å². The second-order valence-electron chi connectivity index (χ2n) is 6.87. The summed E-state index contributed by atoms with van der Waals surface area (Å²) in [6, 6.07) is 11.5. The molecule has 0 saturated carbocycles. The summed E-state index contributed by atoms with van der Waals surface area (Å²) in [7, 11) is 0. The van der Waals surface area contributed by atoms with Gasteiger partial charge in [0.2, 0.25) is 0 Å². The van der Waals surface area contributed by atoms with Crippen molar-refractivity contribution >= 4 is 5.91 Å². The van der Waals surface area contributed by atoms with Crippen molar-refractivity contribution in [2.45, 2.75) is 38.4 Å². The van der Waals surface area contributed by atoms with Gasteiger partial charge in [0.25, 0.3) is 5.91 Å². The Labute approximate surface area is 153 Å². The average molecular weight is 349 g/mol. The Morgan fingerprint density at radius 2 is 2.08 bits per heavy atom. The summed E-state index contributed by atoms with van der Waals surface area (Å²) in [5.41, 5.74) is 2.10. The highest BCUT2D eigenvalue weighted by atomic mass is 16.2. The van der Waals surface area contributed by atoms with Crippen LogP contribution in [0.15, 0.2) is 61.2 Å². The lowest BCUT2D eigenvalue weighted by molar-refractivity contribution is -0.134. The van der Waals surface area contributed by atoms with Crippen molar-refractivity contribution in [2.24, 2.45) is 0 Å². The molecule has 1 saturated heterocycles. The number of hydrogen-bond donors (Lipinski definition) is 0. The number of rotatable bonds is 5. The van der Waals surface area contributed by atoms with Gasteiger partial charge in [-0.1, -0.05) is 30.3 Å². The van der Waals surface area contributed by atoms with Crippen LogP contribution in [0.2, 0.25) is 0 Å².